The number of nitrogens with one attached hydrogen (secondary N) is 1. The Hall–Kier alpha value is -0.430. The predicted molar refractivity (Wildman–Crippen MR) is 90.5 cm³/mol. The van der Waals surface area contributed by atoms with Crippen molar-refractivity contribution in [3.05, 3.63) is 22.7 Å². The largest absolute Gasteiger partial charge is 0.397 e. The van der Waals surface area contributed by atoms with Crippen LogP contribution >= 0.6 is 23.4 Å². The summed E-state index contributed by atoms with van der Waals surface area (Å²) in [6.45, 7) is 1.73. The third-order valence-corrected chi connectivity index (χ3v) is 7.04. The zero-order valence-electron chi connectivity index (χ0n) is 12.2. The molecule has 0 atom stereocenters. The number of benzene rings is 1. The lowest BCUT2D eigenvalue weighted by molar-refractivity contribution is 0.420. The van der Waals surface area contributed by atoms with E-state index < -0.39 is 10.0 Å². The molecular weight excluding hydrogens is 328 g/mol. The van der Waals surface area contributed by atoms with Gasteiger partial charge in [0.25, 0.3) is 0 Å². The normalized spacial score (nSPS) is 23.2. The lowest BCUT2D eigenvalue weighted by atomic mass is 9.96. The van der Waals surface area contributed by atoms with Crippen molar-refractivity contribution in [1.82, 2.24) is 4.72 Å². The Morgan fingerprint density at radius 1 is 1.29 bits per heavy atom. The molecule has 1 fully saturated rings. The average Bonchev–Trinajstić information content (AvgIpc) is 2.43. The Bertz CT molecular complexity index is 612. The molecule has 0 unspecified atom stereocenters. The number of anilines is 1. The van der Waals surface area contributed by atoms with Gasteiger partial charge in [0.15, 0.2) is 0 Å². The van der Waals surface area contributed by atoms with Gasteiger partial charge in [0.05, 0.1) is 15.6 Å². The first-order valence-corrected chi connectivity index (χ1v) is 10.1. The fourth-order valence-electron chi connectivity index (χ4n) is 2.66. The Kier molecular flexibility index (Phi) is 5.46. The van der Waals surface area contributed by atoms with Crippen LogP contribution in [0.5, 0.6) is 0 Å². The molecule has 0 aliphatic heterocycles. The Morgan fingerprint density at radius 3 is 2.48 bits per heavy atom. The molecule has 1 aliphatic carbocycles. The standard InChI is InChI=1S/C14H21ClN2O2S2/c1-9-7-12(15)13(16)8-14(9)21(18,19)17-10-3-5-11(20-2)6-4-10/h7-8,10-11,17H,3-6,16H2,1-2H3. The number of thioether (sulfide) groups is 1. The van der Waals surface area contributed by atoms with Crippen molar-refractivity contribution < 1.29 is 8.42 Å². The topological polar surface area (TPSA) is 72.2 Å². The molecule has 0 radical (unpaired) electrons. The van der Waals surface area contributed by atoms with E-state index in [0.29, 0.717) is 15.8 Å². The zero-order valence-corrected chi connectivity index (χ0v) is 14.6. The Labute approximate surface area is 135 Å². The van der Waals surface area contributed by atoms with Crippen LogP contribution in [0.4, 0.5) is 5.69 Å². The third kappa shape index (κ3) is 4.06. The van der Waals surface area contributed by atoms with Gasteiger partial charge in [0.2, 0.25) is 10.0 Å². The van der Waals surface area contributed by atoms with Crippen molar-refractivity contribution in [1.29, 1.82) is 0 Å². The second-order valence-corrected chi connectivity index (χ2v) is 8.70. The molecule has 0 aromatic heterocycles. The van der Waals surface area contributed by atoms with E-state index in [-0.39, 0.29) is 16.6 Å². The molecular formula is C14H21ClN2O2S2. The minimum atomic E-state index is -3.55. The third-order valence-electron chi connectivity index (χ3n) is 3.91. The Balaban J connectivity index is 2.14. The van der Waals surface area contributed by atoms with Crippen LogP contribution in [-0.4, -0.2) is 26.0 Å². The molecule has 2 rings (SSSR count). The maximum atomic E-state index is 12.5. The molecule has 0 amide bonds. The number of rotatable bonds is 4. The van der Waals surface area contributed by atoms with E-state index in [2.05, 4.69) is 11.0 Å². The van der Waals surface area contributed by atoms with Gasteiger partial charge < -0.3 is 5.73 Å². The molecule has 1 aliphatic rings. The highest BCUT2D eigenvalue weighted by molar-refractivity contribution is 7.99. The average molecular weight is 349 g/mol. The zero-order chi connectivity index (χ0) is 15.6. The summed E-state index contributed by atoms with van der Waals surface area (Å²) < 4.78 is 27.8. The number of aryl methyl sites for hydroxylation is 1. The highest BCUT2D eigenvalue weighted by Crippen LogP contribution is 2.29. The fourth-order valence-corrected chi connectivity index (χ4v) is 5.19. The molecule has 118 valence electrons. The van der Waals surface area contributed by atoms with E-state index in [0.717, 1.165) is 25.7 Å². The summed E-state index contributed by atoms with van der Waals surface area (Å²) in [7, 11) is -3.55. The molecule has 7 heteroatoms. The summed E-state index contributed by atoms with van der Waals surface area (Å²) >= 11 is 7.78. The second-order valence-electron chi connectivity index (χ2n) is 5.47. The van der Waals surface area contributed by atoms with Crippen LogP contribution in [0.25, 0.3) is 0 Å². The van der Waals surface area contributed by atoms with Gasteiger partial charge >= 0.3 is 0 Å². The van der Waals surface area contributed by atoms with Crippen molar-refractivity contribution in [2.45, 2.75) is 48.8 Å². The van der Waals surface area contributed by atoms with Crippen molar-refractivity contribution >= 4 is 39.1 Å². The van der Waals surface area contributed by atoms with Crippen LogP contribution in [0.15, 0.2) is 17.0 Å². The monoisotopic (exact) mass is 348 g/mol. The lowest BCUT2D eigenvalue weighted by Crippen LogP contribution is -2.38. The van der Waals surface area contributed by atoms with Crippen molar-refractivity contribution in [2.24, 2.45) is 0 Å². The van der Waals surface area contributed by atoms with Gasteiger partial charge in [-0.2, -0.15) is 11.8 Å². The quantitative estimate of drug-likeness (QED) is 0.820. The smallest absolute Gasteiger partial charge is 0.241 e. The maximum Gasteiger partial charge on any atom is 0.241 e. The van der Waals surface area contributed by atoms with Gasteiger partial charge in [-0.1, -0.05) is 11.6 Å². The van der Waals surface area contributed by atoms with E-state index in [1.165, 1.54) is 6.07 Å². The Morgan fingerprint density at radius 2 is 1.90 bits per heavy atom. The van der Waals surface area contributed by atoms with E-state index in [1.54, 1.807) is 13.0 Å². The lowest BCUT2D eigenvalue weighted by Gasteiger charge is -2.28. The highest BCUT2D eigenvalue weighted by atomic mass is 35.5. The molecule has 4 nitrogen and oxygen atoms in total. The first-order chi connectivity index (χ1) is 9.83. The molecule has 0 spiro atoms. The molecule has 1 saturated carbocycles. The van der Waals surface area contributed by atoms with Gasteiger partial charge in [-0.15, -0.1) is 0 Å². The highest BCUT2D eigenvalue weighted by Gasteiger charge is 2.26. The van der Waals surface area contributed by atoms with Gasteiger partial charge in [0.1, 0.15) is 0 Å². The first kappa shape index (κ1) is 16.9. The van der Waals surface area contributed by atoms with Crippen molar-refractivity contribution in [3.63, 3.8) is 0 Å². The molecule has 1 aromatic rings. The van der Waals surface area contributed by atoms with Crippen LogP contribution < -0.4 is 10.5 Å². The van der Waals surface area contributed by atoms with E-state index in [4.69, 9.17) is 17.3 Å². The summed E-state index contributed by atoms with van der Waals surface area (Å²) in [5, 5.41) is 1.03. The van der Waals surface area contributed by atoms with Gasteiger partial charge in [-0.25, -0.2) is 13.1 Å². The summed E-state index contributed by atoms with van der Waals surface area (Å²) in [4.78, 5) is 0.219. The van der Waals surface area contributed by atoms with Gasteiger partial charge in [-0.05, 0) is 56.6 Å². The van der Waals surface area contributed by atoms with Gasteiger partial charge in [-0.3, -0.25) is 0 Å². The first-order valence-electron chi connectivity index (χ1n) is 6.94. The van der Waals surface area contributed by atoms with Gasteiger partial charge in [0, 0.05) is 11.3 Å². The van der Waals surface area contributed by atoms with Crippen LogP contribution in [0.2, 0.25) is 5.02 Å². The maximum absolute atomic E-state index is 12.5. The van der Waals surface area contributed by atoms with Crippen molar-refractivity contribution in [3.8, 4) is 0 Å². The van der Waals surface area contributed by atoms with E-state index in [1.807, 2.05) is 11.8 Å². The molecule has 1 aromatic carbocycles. The van der Waals surface area contributed by atoms with E-state index in [9.17, 15) is 8.42 Å². The summed E-state index contributed by atoms with van der Waals surface area (Å²) in [6.07, 6.45) is 5.97. The summed E-state index contributed by atoms with van der Waals surface area (Å²) in [5.74, 6) is 0. The number of hydrogen-bond donors (Lipinski definition) is 2. The number of hydrogen-bond acceptors (Lipinski definition) is 4. The number of sulfonamides is 1. The number of nitrogen functional groups attached to an aromatic ring is 1. The number of nitrogens with two attached hydrogens (primary N) is 1. The SMILES string of the molecule is CSC1CCC(NS(=O)(=O)c2cc(N)c(Cl)cc2C)CC1. The van der Waals surface area contributed by atoms with Crippen LogP contribution in [0.3, 0.4) is 0 Å². The number of halogens is 1. The molecule has 0 bridgehead atoms. The summed E-state index contributed by atoms with van der Waals surface area (Å²) in [5.41, 5.74) is 6.63. The minimum Gasteiger partial charge on any atom is -0.397 e. The van der Waals surface area contributed by atoms with Crippen LogP contribution in [-0.2, 0) is 10.0 Å². The summed E-state index contributed by atoms with van der Waals surface area (Å²) in [6, 6.07) is 3.04. The fraction of sp³-hybridized carbons (Fsp3) is 0.571. The minimum absolute atomic E-state index is 0.00898. The molecule has 0 saturated heterocycles. The predicted octanol–water partition coefficient (Wildman–Crippen LogP) is 3.18. The molecule has 3 N–H and O–H groups in total. The second kappa shape index (κ2) is 6.77. The molecule has 21 heavy (non-hydrogen) atoms. The van der Waals surface area contributed by atoms with Crippen LogP contribution in [0, 0.1) is 6.92 Å². The molecule has 0 heterocycles. The van der Waals surface area contributed by atoms with E-state index >= 15 is 0 Å². The van der Waals surface area contributed by atoms with Crippen molar-refractivity contribution in [2.75, 3.05) is 12.0 Å². The van der Waals surface area contributed by atoms with Crippen LogP contribution in [0.1, 0.15) is 31.2 Å².